The Hall–Kier alpha value is -4.01. The molecule has 6 rings (SSSR count). The molecule has 0 radical (unpaired) electrons. The van der Waals surface area contributed by atoms with E-state index in [9.17, 15) is 4.39 Å². The van der Waals surface area contributed by atoms with Gasteiger partial charge in [0.1, 0.15) is 23.5 Å². The Morgan fingerprint density at radius 1 is 1.19 bits per heavy atom. The molecule has 1 aromatic carbocycles. The van der Waals surface area contributed by atoms with Crippen LogP contribution in [0.1, 0.15) is 16.7 Å². The molecule has 0 atom stereocenters. The van der Waals surface area contributed by atoms with Gasteiger partial charge in [0.05, 0.1) is 6.61 Å². The molecule has 0 unspecified atom stereocenters. The lowest BCUT2D eigenvalue weighted by Gasteiger charge is -2.13. The summed E-state index contributed by atoms with van der Waals surface area (Å²) in [6, 6.07) is 5.19. The number of nitrogens with zero attached hydrogens (tertiary/aromatic N) is 6. The summed E-state index contributed by atoms with van der Waals surface area (Å²) in [5.74, 6) is 1.03. The molecule has 8 nitrogen and oxygen atoms in total. The second-order valence-electron chi connectivity index (χ2n) is 7.56. The number of anilines is 1. The summed E-state index contributed by atoms with van der Waals surface area (Å²) < 4.78 is 23.8. The Kier molecular flexibility index (Phi) is 3.89. The molecule has 5 heterocycles. The minimum Gasteiger partial charge on any atom is -0.493 e. The van der Waals surface area contributed by atoms with E-state index >= 15 is 0 Å². The highest BCUT2D eigenvalue weighted by Gasteiger charge is 2.20. The van der Waals surface area contributed by atoms with E-state index in [1.54, 1.807) is 29.2 Å². The van der Waals surface area contributed by atoms with Crippen LogP contribution in [0.25, 0.3) is 22.4 Å². The number of ether oxygens (including phenoxy) is 1. The highest BCUT2D eigenvalue weighted by molar-refractivity contribution is 5.86. The number of aryl methyl sites for hydroxylation is 1. The van der Waals surface area contributed by atoms with Crippen molar-refractivity contribution in [2.45, 2.75) is 19.9 Å². The van der Waals surface area contributed by atoms with Crippen LogP contribution < -0.4 is 10.1 Å². The Morgan fingerprint density at radius 2 is 2.13 bits per heavy atom. The van der Waals surface area contributed by atoms with Crippen LogP contribution in [-0.4, -0.2) is 35.6 Å². The van der Waals surface area contributed by atoms with Gasteiger partial charge in [-0.1, -0.05) is 0 Å². The SMILES string of the molecule is Cc1cc(-c2cnc(NCc3c(F)ccc4c3CCO4)n3cnnc23)c2nccn2c1. The number of hydrogen-bond donors (Lipinski definition) is 1. The molecule has 1 aliphatic heterocycles. The standard InChI is InChI=1S/C22H18FN7O/c1-13-8-15(20-24-5-6-29(20)11-13)17-10-26-22(30-12-27-28-21(17)30)25-9-16-14-4-7-31-19(14)3-2-18(16)23/h2-3,5-6,8,10-12H,4,7,9H2,1H3,(H,25,26). The van der Waals surface area contributed by atoms with Crippen molar-refractivity contribution in [3.8, 4) is 16.9 Å². The van der Waals surface area contributed by atoms with Gasteiger partial charge in [-0.15, -0.1) is 10.2 Å². The minimum absolute atomic E-state index is 0.255. The fourth-order valence-corrected chi connectivity index (χ4v) is 4.19. The van der Waals surface area contributed by atoms with Crippen LogP contribution in [0.5, 0.6) is 5.75 Å². The minimum atomic E-state index is -0.255. The molecule has 0 amide bonds. The first-order valence-corrected chi connectivity index (χ1v) is 9.98. The summed E-state index contributed by atoms with van der Waals surface area (Å²) in [5, 5.41) is 11.6. The lowest BCUT2D eigenvalue weighted by atomic mass is 10.0. The fourth-order valence-electron chi connectivity index (χ4n) is 4.19. The predicted molar refractivity (Wildman–Crippen MR) is 113 cm³/mol. The first kappa shape index (κ1) is 17.8. The molecule has 0 spiro atoms. The van der Waals surface area contributed by atoms with E-state index in [4.69, 9.17) is 4.74 Å². The lowest BCUT2D eigenvalue weighted by molar-refractivity contribution is 0.356. The molecular weight excluding hydrogens is 397 g/mol. The maximum Gasteiger partial charge on any atom is 0.210 e. The molecule has 9 heteroatoms. The molecule has 4 aromatic heterocycles. The lowest BCUT2D eigenvalue weighted by Crippen LogP contribution is -2.10. The number of pyridine rings is 1. The molecule has 1 N–H and O–H groups in total. The van der Waals surface area contributed by atoms with Crippen molar-refractivity contribution in [1.29, 1.82) is 0 Å². The fraction of sp³-hybridized carbons (Fsp3) is 0.182. The Labute approximate surface area is 176 Å². The van der Waals surface area contributed by atoms with Gasteiger partial charge in [0.25, 0.3) is 0 Å². The van der Waals surface area contributed by atoms with Gasteiger partial charge < -0.3 is 14.5 Å². The molecule has 1 aliphatic rings. The third kappa shape index (κ3) is 2.81. The van der Waals surface area contributed by atoms with Gasteiger partial charge in [0.2, 0.25) is 5.95 Å². The van der Waals surface area contributed by atoms with Gasteiger partial charge in [0, 0.05) is 60.0 Å². The second-order valence-corrected chi connectivity index (χ2v) is 7.56. The van der Waals surface area contributed by atoms with Crippen LogP contribution in [0.15, 0.2) is 49.3 Å². The average Bonchev–Trinajstić information content (AvgIpc) is 3.52. The van der Waals surface area contributed by atoms with Crippen molar-refractivity contribution < 1.29 is 9.13 Å². The third-order valence-electron chi connectivity index (χ3n) is 5.61. The normalized spacial score (nSPS) is 13.0. The zero-order chi connectivity index (χ0) is 20.9. The number of benzene rings is 1. The van der Waals surface area contributed by atoms with Gasteiger partial charge in [0.15, 0.2) is 5.65 Å². The van der Waals surface area contributed by atoms with Crippen molar-refractivity contribution in [1.82, 2.24) is 29.0 Å². The third-order valence-corrected chi connectivity index (χ3v) is 5.61. The Morgan fingerprint density at radius 3 is 3.06 bits per heavy atom. The van der Waals surface area contributed by atoms with Gasteiger partial charge in [-0.25, -0.2) is 14.4 Å². The number of halogens is 1. The molecule has 0 fully saturated rings. The number of nitrogens with one attached hydrogen (secondary N) is 1. The summed E-state index contributed by atoms with van der Waals surface area (Å²) in [6.07, 6.45) is 9.75. The Bertz CT molecular complexity index is 1460. The number of hydrogen-bond acceptors (Lipinski definition) is 6. The van der Waals surface area contributed by atoms with Crippen molar-refractivity contribution >= 4 is 17.2 Å². The van der Waals surface area contributed by atoms with Crippen LogP contribution in [-0.2, 0) is 13.0 Å². The molecule has 0 bridgehead atoms. The molecule has 154 valence electrons. The van der Waals surface area contributed by atoms with Crippen LogP contribution in [0.4, 0.5) is 10.3 Å². The molecular formula is C22H18FN7O. The van der Waals surface area contributed by atoms with E-state index in [0.717, 1.165) is 33.7 Å². The van der Waals surface area contributed by atoms with Crippen LogP contribution in [0.3, 0.4) is 0 Å². The molecule has 0 saturated heterocycles. The highest BCUT2D eigenvalue weighted by atomic mass is 19.1. The van der Waals surface area contributed by atoms with Crippen molar-refractivity contribution in [2.75, 3.05) is 11.9 Å². The number of fused-ring (bicyclic) bond motifs is 3. The number of aromatic nitrogens is 6. The second kappa shape index (κ2) is 6.76. The summed E-state index contributed by atoms with van der Waals surface area (Å²) in [7, 11) is 0. The van der Waals surface area contributed by atoms with Gasteiger partial charge in [-0.05, 0) is 30.7 Å². The highest BCUT2D eigenvalue weighted by Crippen LogP contribution is 2.31. The quantitative estimate of drug-likeness (QED) is 0.484. The predicted octanol–water partition coefficient (Wildman–Crippen LogP) is 3.43. The van der Waals surface area contributed by atoms with Gasteiger partial charge >= 0.3 is 0 Å². The molecule has 31 heavy (non-hydrogen) atoms. The van der Waals surface area contributed by atoms with E-state index < -0.39 is 0 Å². The monoisotopic (exact) mass is 415 g/mol. The van der Waals surface area contributed by atoms with Gasteiger partial charge in [-0.3, -0.25) is 4.40 Å². The van der Waals surface area contributed by atoms with Crippen molar-refractivity contribution in [2.24, 2.45) is 0 Å². The van der Waals surface area contributed by atoms with E-state index in [-0.39, 0.29) is 12.4 Å². The van der Waals surface area contributed by atoms with Crippen LogP contribution in [0.2, 0.25) is 0 Å². The number of imidazole rings is 1. The van der Waals surface area contributed by atoms with E-state index in [2.05, 4.69) is 31.5 Å². The largest absolute Gasteiger partial charge is 0.493 e. The Balaban J connectivity index is 1.41. The summed E-state index contributed by atoms with van der Waals surface area (Å²) in [5.41, 5.74) is 5.81. The summed E-state index contributed by atoms with van der Waals surface area (Å²) in [4.78, 5) is 9.07. The maximum absolute atomic E-state index is 14.5. The summed E-state index contributed by atoms with van der Waals surface area (Å²) in [6.45, 7) is 2.89. The van der Waals surface area contributed by atoms with E-state index in [0.29, 0.717) is 30.2 Å². The molecule has 5 aromatic rings. The van der Waals surface area contributed by atoms with Crippen molar-refractivity contribution in [3.63, 3.8) is 0 Å². The van der Waals surface area contributed by atoms with Gasteiger partial charge in [-0.2, -0.15) is 0 Å². The molecule has 0 saturated carbocycles. The maximum atomic E-state index is 14.5. The topological polar surface area (TPSA) is 81.6 Å². The first-order chi connectivity index (χ1) is 15.2. The summed E-state index contributed by atoms with van der Waals surface area (Å²) >= 11 is 0. The zero-order valence-electron chi connectivity index (χ0n) is 16.7. The van der Waals surface area contributed by atoms with Crippen LogP contribution in [0, 0.1) is 12.7 Å². The van der Waals surface area contributed by atoms with E-state index in [1.165, 1.54) is 6.07 Å². The van der Waals surface area contributed by atoms with Crippen LogP contribution >= 0.6 is 0 Å². The zero-order valence-corrected chi connectivity index (χ0v) is 16.7. The number of rotatable bonds is 4. The van der Waals surface area contributed by atoms with E-state index in [1.807, 2.05) is 23.7 Å². The van der Waals surface area contributed by atoms with Crippen molar-refractivity contribution in [3.05, 3.63) is 71.8 Å². The first-order valence-electron chi connectivity index (χ1n) is 9.98. The average molecular weight is 415 g/mol. The molecule has 0 aliphatic carbocycles. The smallest absolute Gasteiger partial charge is 0.210 e.